The largest absolute Gasteiger partial charge is 0.321 e. The van der Waals surface area contributed by atoms with Gasteiger partial charge in [-0.25, -0.2) is 4.39 Å². The van der Waals surface area contributed by atoms with E-state index in [1.54, 1.807) is 18.2 Å². The van der Waals surface area contributed by atoms with Crippen molar-refractivity contribution in [2.75, 3.05) is 0 Å². The summed E-state index contributed by atoms with van der Waals surface area (Å²) in [6.45, 7) is 2.55. The van der Waals surface area contributed by atoms with Gasteiger partial charge in [-0.15, -0.1) is 0 Å². The lowest BCUT2D eigenvalue weighted by atomic mass is 9.81. The molecule has 1 aliphatic rings. The third-order valence-corrected chi connectivity index (χ3v) is 4.74. The van der Waals surface area contributed by atoms with Crippen LogP contribution in [0.15, 0.2) is 58.3 Å². The number of rotatable bonds is 1. The molecule has 0 spiro atoms. The number of aliphatic imine (C=N–C) groups is 1. The minimum atomic E-state index is -3.36. The Labute approximate surface area is 147 Å². The number of hydrogen-bond acceptors (Lipinski definition) is 2. The lowest BCUT2D eigenvalue weighted by molar-refractivity contribution is -0.0684. The molecule has 0 radical (unpaired) electrons. The van der Waals surface area contributed by atoms with Crippen LogP contribution in [0.25, 0.3) is 10.9 Å². The number of pyridine rings is 1. The number of halogens is 3. The zero-order chi connectivity index (χ0) is 18.7. The molecule has 0 unspecified atom stereocenters. The topological polar surface area (TPSA) is 45.2 Å². The number of aromatic nitrogens is 1. The number of hydrogen-bond donors (Lipinski definition) is 1. The Bertz CT molecular complexity index is 1130. The molecule has 2 aromatic carbocycles. The molecule has 0 fully saturated rings. The van der Waals surface area contributed by atoms with Crippen LogP contribution in [-0.2, 0) is 5.92 Å². The van der Waals surface area contributed by atoms with Crippen LogP contribution in [0.3, 0.4) is 0 Å². The summed E-state index contributed by atoms with van der Waals surface area (Å²) in [5, 5.41) is 0.753. The molecule has 1 aliphatic heterocycles. The summed E-state index contributed by atoms with van der Waals surface area (Å²) < 4.78 is 43.3. The predicted molar refractivity (Wildman–Crippen MR) is 94.6 cm³/mol. The smallest absolute Gasteiger partial charge is 0.298 e. The lowest BCUT2D eigenvalue weighted by Crippen LogP contribution is -2.45. The van der Waals surface area contributed by atoms with Gasteiger partial charge in [0.1, 0.15) is 11.4 Å². The molecule has 0 bridgehead atoms. The first-order valence-corrected chi connectivity index (χ1v) is 8.11. The Kier molecular flexibility index (Phi) is 3.38. The molecule has 0 amide bonds. The minimum Gasteiger partial charge on any atom is -0.321 e. The van der Waals surface area contributed by atoms with E-state index in [-0.39, 0.29) is 16.8 Å². The average Bonchev–Trinajstić information content (AvgIpc) is 2.58. The summed E-state index contributed by atoms with van der Waals surface area (Å²) in [6.07, 6.45) is 0. The van der Waals surface area contributed by atoms with Gasteiger partial charge in [-0.1, -0.05) is 18.2 Å². The van der Waals surface area contributed by atoms with E-state index in [0.717, 1.165) is 17.5 Å². The standard InChI is InChI=1S/C20H15F3N2O/c1-19(2)20(22,23)15-10-12(21)7-8-13(15)17(25-19)14-9-11-5-3-4-6-16(11)24-18(14)26/h3-10H,1-2H3,(H,24,26). The van der Waals surface area contributed by atoms with Crippen molar-refractivity contribution in [3.05, 3.63) is 81.4 Å². The van der Waals surface area contributed by atoms with Gasteiger partial charge in [0, 0.05) is 16.6 Å². The fourth-order valence-electron chi connectivity index (χ4n) is 3.25. The monoisotopic (exact) mass is 356 g/mol. The molecular weight excluding hydrogens is 341 g/mol. The van der Waals surface area contributed by atoms with Crippen LogP contribution in [0, 0.1) is 5.82 Å². The summed E-state index contributed by atoms with van der Waals surface area (Å²) in [7, 11) is 0. The molecule has 4 rings (SSSR count). The summed E-state index contributed by atoms with van der Waals surface area (Å²) in [4.78, 5) is 19.5. The molecule has 0 atom stereocenters. The van der Waals surface area contributed by atoms with E-state index < -0.39 is 28.4 Å². The van der Waals surface area contributed by atoms with Crippen molar-refractivity contribution in [3.8, 4) is 0 Å². The van der Waals surface area contributed by atoms with Gasteiger partial charge >= 0.3 is 0 Å². The van der Waals surface area contributed by atoms with Crippen molar-refractivity contribution in [3.63, 3.8) is 0 Å². The molecular formula is C20H15F3N2O. The second-order valence-corrected chi connectivity index (χ2v) is 6.88. The molecule has 1 N–H and O–H groups in total. The summed E-state index contributed by atoms with van der Waals surface area (Å²) in [5.74, 6) is -4.12. The molecule has 3 aromatic rings. The van der Waals surface area contributed by atoms with Gasteiger partial charge in [-0.3, -0.25) is 9.79 Å². The molecule has 1 aromatic heterocycles. The Morgan fingerprint density at radius 3 is 2.50 bits per heavy atom. The normalized spacial score (nSPS) is 17.7. The molecule has 2 heterocycles. The van der Waals surface area contributed by atoms with E-state index in [1.807, 2.05) is 12.1 Å². The number of nitrogens with zero attached hydrogens (tertiary/aromatic N) is 1. The number of para-hydroxylation sites is 1. The number of H-pyrrole nitrogens is 1. The van der Waals surface area contributed by atoms with E-state index in [1.165, 1.54) is 19.9 Å². The Hall–Kier alpha value is -2.89. The quantitative estimate of drug-likeness (QED) is 0.691. The zero-order valence-corrected chi connectivity index (χ0v) is 14.1. The number of aromatic amines is 1. The Balaban J connectivity index is 2.05. The second-order valence-electron chi connectivity index (χ2n) is 6.88. The SMILES string of the molecule is CC1(C)N=C(c2cc3ccccc3[nH]c2=O)c2ccc(F)cc2C1(F)F. The van der Waals surface area contributed by atoms with Crippen molar-refractivity contribution in [1.29, 1.82) is 0 Å². The Morgan fingerprint density at radius 2 is 1.73 bits per heavy atom. The number of benzene rings is 2. The van der Waals surface area contributed by atoms with E-state index >= 15 is 0 Å². The fourth-order valence-corrected chi connectivity index (χ4v) is 3.25. The predicted octanol–water partition coefficient (Wildman–Crippen LogP) is 4.39. The molecule has 0 saturated carbocycles. The first kappa shape index (κ1) is 16.6. The highest BCUT2D eigenvalue weighted by Gasteiger charge is 2.53. The van der Waals surface area contributed by atoms with E-state index in [0.29, 0.717) is 5.52 Å². The van der Waals surface area contributed by atoms with Gasteiger partial charge < -0.3 is 4.98 Å². The van der Waals surface area contributed by atoms with Crippen LogP contribution in [0.5, 0.6) is 0 Å². The Morgan fingerprint density at radius 1 is 1.00 bits per heavy atom. The van der Waals surface area contributed by atoms with Crippen LogP contribution in [0.1, 0.15) is 30.5 Å². The van der Waals surface area contributed by atoms with Crippen LogP contribution in [0.2, 0.25) is 0 Å². The molecule has 132 valence electrons. The molecule has 6 heteroatoms. The fraction of sp³-hybridized carbons (Fsp3) is 0.200. The zero-order valence-electron chi connectivity index (χ0n) is 14.1. The van der Waals surface area contributed by atoms with E-state index in [9.17, 15) is 18.0 Å². The first-order valence-electron chi connectivity index (χ1n) is 8.11. The third-order valence-electron chi connectivity index (χ3n) is 4.74. The van der Waals surface area contributed by atoms with E-state index in [4.69, 9.17) is 0 Å². The van der Waals surface area contributed by atoms with Crippen LogP contribution in [0.4, 0.5) is 13.2 Å². The van der Waals surface area contributed by atoms with Crippen LogP contribution < -0.4 is 5.56 Å². The molecule has 26 heavy (non-hydrogen) atoms. The highest BCUT2D eigenvalue weighted by molar-refractivity contribution is 6.15. The maximum Gasteiger partial charge on any atom is 0.298 e. The first-order chi connectivity index (χ1) is 12.2. The number of nitrogens with one attached hydrogen (secondary N) is 1. The maximum absolute atomic E-state index is 14.8. The van der Waals surface area contributed by atoms with Gasteiger partial charge in [0.15, 0.2) is 0 Å². The average molecular weight is 356 g/mol. The minimum absolute atomic E-state index is 0.0662. The number of alkyl halides is 2. The van der Waals surface area contributed by atoms with Gasteiger partial charge in [-0.2, -0.15) is 8.78 Å². The summed E-state index contributed by atoms with van der Waals surface area (Å²) in [5.41, 5.74) is -1.68. The van der Waals surface area contributed by atoms with Crippen molar-refractivity contribution in [2.24, 2.45) is 4.99 Å². The summed E-state index contributed by atoms with van der Waals surface area (Å²) >= 11 is 0. The van der Waals surface area contributed by atoms with E-state index in [2.05, 4.69) is 9.98 Å². The molecule has 3 nitrogen and oxygen atoms in total. The highest BCUT2D eigenvalue weighted by atomic mass is 19.3. The highest BCUT2D eigenvalue weighted by Crippen LogP contribution is 2.46. The van der Waals surface area contributed by atoms with Gasteiger partial charge in [0.05, 0.1) is 11.3 Å². The maximum atomic E-state index is 14.8. The van der Waals surface area contributed by atoms with Crippen LogP contribution >= 0.6 is 0 Å². The molecule has 0 saturated heterocycles. The van der Waals surface area contributed by atoms with Gasteiger partial charge in [-0.05, 0) is 49.6 Å². The van der Waals surface area contributed by atoms with Crippen molar-refractivity contribution < 1.29 is 13.2 Å². The molecule has 0 aliphatic carbocycles. The van der Waals surface area contributed by atoms with Gasteiger partial charge in [0.25, 0.3) is 11.5 Å². The third kappa shape index (κ3) is 2.29. The van der Waals surface area contributed by atoms with Crippen molar-refractivity contribution in [1.82, 2.24) is 4.98 Å². The second kappa shape index (κ2) is 5.30. The van der Waals surface area contributed by atoms with Gasteiger partial charge in [0.2, 0.25) is 0 Å². The van der Waals surface area contributed by atoms with Crippen molar-refractivity contribution in [2.45, 2.75) is 25.3 Å². The van der Waals surface area contributed by atoms with Crippen molar-refractivity contribution >= 4 is 16.6 Å². The lowest BCUT2D eigenvalue weighted by Gasteiger charge is -2.37. The van der Waals surface area contributed by atoms with Crippen LogP contribution in [-0.4, -0.2) is 16.2 Å². The summed E-state index contributed by atoms with van der Waals surface area (Å²) in [6, 6.07) is 12.0. The number of fused-ring (bicyclic) bond motifs is 2.